The summed E-state index contributed by atoms with van der Waals surface area (Å²) in [6.07, 6.45) is -0.862. The molecule has 1 atom stereocenters. The van der Waals surface area contributed by atoms with Crippen LogP contribution in [0.2, 0.25) is 5.02 Å². The molecule has 1 aromatic rings. The maximum Gasteiger partial charge on any atom is 0.326 e. The summed E-state index contributed by atoms with van der Waals surface area (Å²) in [6.45, 7) is 0. The Balaban J connectivity index is 2.48. The zero-order valence-electron chi connectivity index (χ0n) is 12.1. The second kappa shape index (κ2) is 8.89. The normalized spacial score (nSPS) is 11.5. The number of halogens is 1. The molecule has 0 bridgehead atoms. The van der Waals surface area contributed by atoms with Gasteiger partial charge in [-0.15, -0.1) is 0 Å². The molecule has 3 N–H and O–H groups in total. The quantitative estimate of drug-likeness (QED) is 0.588. The SMILES string of the molecule is O=C(O)CC[C@H](NC(=O)CCC(=O)c1ccc(Cl)cc1)C(=O)O. The maximum atomic E-state index is 11.9. The molecule has 7 nitrogen and oxygen atoms in total. The van der Waals surface area contributed by atoms with Crippen LogP contribution in [-0.4, -0.2) is 39.9 Å². The third-order valence-electron chi connectivity index (χ3n) is 3.03. The highest BCUT2D eigenvalue weighted by Crippen LogP contribution is 2.12. The van der Waals surface area contributed by atoms with Gasteiger partial charge in [0.25, 0.3) is 0 Å². The number of rotatable bonds is 9. The minimum atomic E-state index is -1.32. The lowest BCUT2D eigenvalue weighted by Gasteiger charge is -2.13. The Labute approximate surface area is 137 Å². The summed E-state index contributed by atoms with van der Waals surface area (Å²) >= 11 is 5.71. The number of Topliss-reactive ketones (excluding diaryl/α,β-unsaturated/α-hetero) is 1. The van der Waals surface area contributed by atoms with Gasteiger partial charge in [-0.25, -0.2) is 4.79 Å². The van der Waals surface area contributed by atoms with Gasteiger partial charge in [-0.1, -0.05) is 11.6 Å². The van der Waals surface area contributed by atoms with E-state index in [4.69, 9.17) is 21.8 Å². The number of ketones is 1. The van der Waals surface area contributed by atoms with Crippen molar-refractivity contribution in [1.29, 1.82) is 0 Å². The topological polar surface area (TPSA) is 121 Å². The van der Waals surface area contributed by atoms with Crippen molar-refractivity contribution < 1.29 is 29.4 Å². The summed E-state index contributed by atoms with van der Waals surface area (Å²) < 4.78 is 0. The number of nitrogens with one attached hydrogen (secondary N) is 1. The number of amides is 1. The first kappa shape index (κ1) is 18.6. The van der Waals surface area contributed by atoms with Gasteiger partial charge in [0.1, 0.15) is 6.04 Å². The van der Waals surface area contributed by atoms with E-state index in [0.29, 0.717) is 10.6 Å². The van der Waals surface area contributed by atoms with Crippen LogP contribution in [0.25, 0.3) is 0 Å². The highest BCUT2D eigenvalue weighted by Gasteiger charge is 2.21. The standard InChI is InChI=1S/C15H16ClNO6/c16-10-3-1-9(2-4-10)12(18)6-7-13(19)17-11(15(22)23)5-8-14(20)21/h1-4,11H,5-8H2,(H,17,19)(H,20,21)(H,22,23)/t11-/m0/s1. The van der Waals surface area contributed by atoms with Crippen LogP contribution in [0.1, 0.15) is 36.0 Å². The molecule has 1 amide bonds. The van der Waals surface area contributed by atoms with Crippen molar-refractivity contribution in [1.82, 2.24) is 5.32 Å². The van der Waals surface area contributed by atoms with Crippen molar-refractivity contribution >= 4 is 35.2 Å². The molecule has 0 radical (unpaired) electrons. The molecule has 0 saturated heterocycles. The first-order valence-electron chi connectivity index (χ1n) is 6.82. The number of carbonyl (C=O) groups excluding carboxylic acids is 2. The van der Waals surface area contributed by atoms with E-state index in [9.17, 15) is 19.2 Å². The van der Waals surface area contributed by atoms with Crippen molar-refractivity contribution in [3.8, 4) is 0 Å². The molecule has 8 heteroatoms. The van der Waals surface area contributed by atoms with Gasteiger partial charge in [0.2, 0.25) is 5.91 Å². The number of carboxylic acids is 2. The Hall–Kier alpha value is -2.41. The second-order valence-electron chi connectivity index (χ2n) is 4.82. The van der Waals surface area contributed by atoms with Crippen LogP contribution in [0.4, 0.5) is 0 Å². The fraction of sp³-hybridized carbons (Fsp3) is 0.333. The fourth-order valence-corrected chi connectivity index (χ4v) is 1.92. The van der Waals surface area contributed by atoms with Gasteiger partial charge >= 0.3 is 11.9 Å². The van der Waals surface area contributed by atoms with Crippen LogP contribution in [0.3, 0.4) is 0 Å². The van der Waals surface area contributed by atoms with E-state index in [1.165, 1.54) is 12.1 Å². The average molecular weight is 342 g/mol. The molecule has 0 fully saturated rings. The van der Waals surface area contributed by atoms with Gasteiger partial charge in [-0.3, -0.25) is 14.4 Å². The van der Waals surface area contributed by atoms with E-state index in [1.54, 1.807) is 12.1 Å². The molecule has 0 saturated carbocycles. The lowest BCUT2D eigenvalue weighted by molar-refractivity contribution is -0.143. The van der Waals surface area contributed by atoms with Crippen LogP contribution < -0.4 is 5.32 Å². The predicted molar refractivity (Wildman–Crippen MR) is 81.5 cm³/mol. The molecule has 0 aromatic heterocycles. The molecule has 1 rings (SSSR count). The summed E-state index contributed by atoms with van der Waals surface area (Å²) in [7, 11) is 0. The van der Waals surface area contributed by atoms with E-state index in [1.807, 2.05) is 0 Å². The number of aliphatic carboxylic acids is 2. The lowest BCUT2D eigenvalue weighted by Crippen LogP contribution is -2.41. The Morgan fingerprint density at radius 3 is 2.13 bits per heavy atom. The highest BCUT2D eigenvalue weighted by atomic mass is 35.5. The van der Waals surface area contributed by atoms with Gasteiger partial charge < -0.3 is 15.5 Å². The van der Waals surface area contributed by atoms with Crippen LogP contribution in [-0.2, 0) is 14.4 Å². The molecule has 23 heavy (non-hydrogen) atoms. The zero-order valence-corrected chi connectivity index (χ0v) is 12.9. The molecule has 0 unspecified atom stereocenters. The lowest BCUT2D eigenvalue weighted by atomic mass is 10.1. The van der Waals surface area contributed by atoms with E-state index in [2.05, 4.69) is 5.32 Å². The molecule has 0 spiro atoms. The molecular formula is C15H16ClNO6. The summed E-state index contributed by atoms with van der Waals surface area (Å²) in [4.78, 5) is 45.0. The van der Waals surface area contributed by atoms with Crippen molar-refractivity contribution in [2.75, 3.05) is 0 Å². The summed E-state index contributed by atoms with van der Waals surface area (Å²) in [6, 6.07) is 4.90. The predicted octanol–water partition coefficient (Wildman–Crippen LogP) is 1.74. The Bertz CT molecular complexity index is 598. The van der Waals surface area contributed by atoms with Crippen molar-refractivity contribution in [2.45, 2.75) is 31.7 Å². The number of benzene rings is 1. The fourth-order valence-electron chi connectivity index (χ4n) is 1.80. The molecule has 0 aliphatic carbocycles. The van der Waals surface area contributed by atoms with E-state index >= 15 is 0 Å². The molecular weight excluding hydrogens is 326 g/mol. The van der Waals surface area contributed by atoms with Gasteiger partial charge in [0.15, 0.2) is 5.78 Å². The molecule has 0 aliphatic rings. The van der Waals surface area contributed by atoms with Crippen LogP contribution in [0.5, 0.6) is 0 Å². The first-order chi connectivity index (χ1) is 10.8. The van der Waals surface area contributed by atoms with Crippen molar-refractivity contribution in [3.05, 3.63) is 34.9 Å². The minimum absolute atomic E-state index is 0.0846. The van der Waals surface area contributed by atoms with Crippen LogP contribution >= 0.6 is 11.6 Å². The van der Waals surface area contributed by atoms with Crippen LogP contribution in [0, 0.1) is 0 Å². The highest BCUT2D eigenvalue weighted by molar-refractivity contribution is 6.30. The van der Waals surface area contributed by atoms with E-state index in [0.717, 1.165) is 0 Å². The average Bonchev–Trinajstić information content (AvgIpc) is 2.49. The zero-order chi connectivity index (χ0) is 17.4. The Kier molecular flexibility index (Phi) is 7.21. The van der Waals surface area contributed by atoms with Crippen molar-refractivity contribution in [3.63, 3.8) is 0 Å². The largest absolute Gasteiger partial charge is 0.481 e. The van der Waals surface area contributed by atoms with Gasteiger partial charge in [0.05, 0.1) is 0 Å². The monoisotopic (exact) mass is 341 g/mol. The molecule has 0 heterocycles. The Morgan fingerprint density at radius 2 is 1.61 bits per heavy atom. The molecule has 124 valence electrons. The summed E-state index contributed by atoms with van der Waals surface area (Å²) in [5.74, 6) is -3.36. The summed E-state index contributed by atoms with van der Waals surface area (Å²) in [5, 5.41) is 20.2. The maximum absolute atomic E-state index is 11.9. The third kappa shape index (κ3) is 6.92. The number of hydrogen-bond acceptors (Lipinski definition) is 4. The van der Waals surface area contributed by atoms with Gasteiger partial charge in [0, 0.05) is 29.8 Å². The number of carbonyl (C=O) groups is 4. The molecule has 1 aromatic carbocycles. The molecule has 0 aliphatic heterocycles. The summed E-state index contributed by atoms with van der Waals surface area (Å²) in [5.41, 5.74) is 0.405. The Morgan fingerprint density at radius 1 is 1.00 bits per heavy atom. The smallest absolute Gasteiger partial charge is 0.326 e. The van der Waals surface area contributed by atoms with Crippen LogP contribution in [0.15, 0.2) is 24.3 Å². The minimum Gasteiger partial charge on any atom is -0.481 e. The van der Waals surface area contributed by atoms with Crippen molar-refractivity contribution in [2.24, 2.45) is 0 Å². The van der Waals surface area contributed by atoms with Gasteiger partial charge in [-0.2, -0.15) is 0 Å². The second-order valence-corrected chi connectivity index (χ2v) is 5.26. The first-order valence-corrected chi connectivity index (χ1v) is 7.20. The van der Waals surface area contributed by atoms with E-state index in [-0.39, 0.29) is 31.5 Å². The third-order valence-corrected chi connectivity index (χ3v) is 3.28. The van der Waals surface area contributed by atoms with E-state index < -0.39 is 23.9 Å². The number of hydrogen-bond donors (Lipinski definition) is 3. The number of carboxylic acid groups (broad SMARTS) is 2. The van der Waals surface area contributed by atoms with Gasteiger partial charge in [-0.05, 0) is 30.7 Å².